The summed E-state index contributed by atoms with van der Waals surface area (Å²) in [5.74, 6) is 0.888. The Hall–Kier alpha value is -2.64. The molecule has 2 aromatic rings. The third-order valence-electron chi connectivity index (χ3n) is 5.40. The first-order valence-electron chi connectivity index (χ1n) is 10.1. The van der Waals surface area contributed by atoms with Crippen LogP contribution in [0, 0.1) is 5.82 Å². The first kappa shape index (κ1) is 22.1. The van der Waals surface area contributed by atoms with Crippen molar-refractivity contribution in [3.05, 3.63) is 53.8 Å². The van der Waals surface area contributed by atoms with Gasteiger partial charge in [-0.25, -0.2) is 4.39 Å². The molecule has 30 heavy (non-hydrogen) atoms. The van der Waals surface area contributed by atoms with Crippen molar-refractivity contribution < 1.29 is 23.4 Å². The van der Waals surface area contributed by atoms with Crippen molar-refractivity contribution >= 4 is 11.6 Å². The summed E-state index contributed by atoms with van der Waals surface area (Å²) in [5.41, 5.74) is 1.72. The van der Waals surface area contributed by atoms with E-state index in [1.54, 1.807) is 32.4 Å². The van der Waals surface area contributed by atoms with Crippen LogP contribution in [0.1, 0.15) is 18.4 Å². The lowest BCUT2D eigenvalue weighted by molar-refractivity contribution is -0.122. The summed E-state index contributed by atoms with van der Waals surface area (Å²) >= 11 is 0. The van der Waals surface area contributed by atoms with Crippen molar-refractivity contribution in [2.24, 2.45) is 0 Å². The average molecular weight is 416 g/mol. The number of likely N-dealkylation sites (tertiary alicyclic amines) is 1. The van der Waals surface area contributed by atoms with E-state index in [2.05, 4.69) is 4.90 Å². The molecule has 7 heteroatoms. The van der Waals surface area contributed by atoms with Gasteiger partial charge in [0.1, 0.15) is 12.4 Å². The molecule has 0 N–H and O–H groups in total. The number of nitrogens with zero attached hydrogens (tertiary/aromatic N) is 2. The molecule has 6 nitrogen and oxygen atoms in total. The van der Waals surface area contributed by atoms with E-state index in [-0.39, 0.29) is 24.4 Å². The van der Waals surface area contributed by atoms with Crippen molar-refractivity contribution in [1.29, 1.82) is 0 Å². The number of hydrogen-bond donors (Lipinski definition) is 0. The Morgan fingerprint density at radius 3 is 2.43 bits per heavy atom. The van der Waals surface area contributed by atoms with Gasteiger partial charge in [0, 0.05) is 44.5 Å². The summed E-state index contributed by atoms with van der Waals surface area (Å²) in [7, 11) is 4.68. The predicted octanol–water partition coefficient (Wildman–Crippen LogP) is 3.49. The lowest BCUT2D eigenvalue weighted by Gasteiger charge is -2.38. The highest BCUT2D eigenvalue weighted by molar-refractivity contribution is 5.95. The maximum absolute atomic E-state index is 13.5. The third-order valence-corrected chi connectivity index (χ3v) is 5.40. The number of carbonyl (C=O) groups excluding carboxylic acids is 1. The smallest absolute Gasteiger partial charge is 0.253 e. The van der Waals surface area contributed by atoms with Crippen LogP contribution in [0.2, 0.25) is 0 Å². The lowest BCUT2D eigenvalue weighted by Crippen LogP contribution is -2.48. The van der Waals surface area contributed by atoms with E-state index < -0.39 is 0 Å². The largest absolute Gasteiger partial charge is 0.493 e. The second kappa shape index (κ2) is 10.4. The van der Waals surface area contributed by atoms with Crippen LogP contribution in [0.25, 0.3) is 0 Å². The van der Waals surface area contributed by atoms with Crippen molar-refractivity contribution in [1.82, 2.24) is 4.90 Å². The fraction of sp³-hybridized carbons (Fsp3) is 0.435. The lowest BCUT2D eigenvalue weighted by atomic mass is 10.0. The molecule has 3 rings (SSSR count). The Kier molecular flexibility index (Phi) is 7.65. The Balaban J connectivity index is 1.73. The van der Waals surface area contributed by atoms with Gasteiger partial charge in [0.25, 0.3) is 5.91 Å². The molecule has 0 aliphatic carbocycles. The molecule has 1 fully saturated rings. The summed E-state index contributed by atoms with van der Waals surface area (Å²) in [4.78, 5) is 17.0. The van der Waals surface area contributed by atoms with Crippen LogP contribution in [0.5, 0.6) is 11.5 Å². The zero-order valence-electron chi connectivity index (χ0n) is 17.8. The van der Waals surface area contributed by atoms with E-state index in [0.717, 1.165) is 37.2 Å². The number of methoxy groups -OCH3 is 3. The number of benzene rings is 2. The van der Waals surface area contributed by atoms with Crippen LogP contribution in [0.15, 0.2) is 42.5 Å². The van der Waals surface area contributed by atoms with Gasteiger partial charge in [0.05, 0.1) is 14.2 Å². The van der Waals surface area contributed by atoms with Crippen LogP contribution in [-0.2, 0) is 16.1 Å². The molecule has 0 aromatic heterocycles. The SMILES string of the molecule is COCC(=O)N(c1ccc(OC)c(OC)c1)C1CCN(Cc2cccc(F)c2)CC1. The number of hydrogen-bond acceptors (Lipinski definition) is 5. The number of amides is 1. The molecule has 1 aliphatic heterocycles. The van der Waals surface area contributed by atoms with E-state index in [9.17, 15) is 9.18 Å². The molecule has 1 heterocycles. The summed E-state index contributed by atoms with van der Waals surface area (Å²) in [5, 5.41) is 0. The number of carbonyl (C=O) groups is 1. The van der Waals surface area contributed by atoms with Crippen LogP contribution in [-0.4, -0.2) is 57.9 Å². The highest BCUT2D eigenvalue weighted by atomic mass is 19.1. The fourth-order valence-electron chi connectivity index (χ4n) is 3.96. The van der Waals surface area contributed by atoms with Gasteiger partial charge in [-0.1, -0.05) is 12.1 Å². The molecule has 1 saturated heterocycles. The van der Waals surface area contributed by atoms with Gasteiger partial charge in [0.15, 0.2) is 11.5 Å². The molecule has 2 aromatic carbocycles. The van der Waals surface area contributed by atoms with Gasteiger partial charge in [-0.3, -0.25) is 9.69 Å². The zero-order valence-corrected chi connectivity index (χ0v) is 17.8. The van der Waals surface area contributed by atoms with E-state index in [4.69, 9.17) is 14.2 Å². The summed E-state index contributed by atoms with van der Waals surface area (Å²) < 4.78 is 29.3. The van der Waals surface area contributed by atoms with Crippen molar-refractivity contribution in [2.75, 3.05) is 45.9 Å². The minimum atomic E-state index is -0.216. The zero-order chi connectivity index (χ0) is 21.5. The molecule has 0 atom stereocenters. The van der Waals surface area contributed by atoms with E-state index >= 15 is 0 Å². The molecule has 0 spiro atoms. The maximum Gasteiger partial charge on any atom is 0.253 e. The normalized spacial score (nSPS) is 15.1. The summed E-state index contributed by atoms with van der Waals surface area (Å²) in [6.07, 6.45) is 1.64. The highest BCUT2D eigenvalue weighted by Crippen LogP contribution is 2.34. The standard InChI is InChI=1S/C23H29FN2O4/c1-28-16-23(27)26(20-7-8-21(29-2)22(14-20)30-3)19-9-11-25(12-10-19)15-17-5-4-6-18(24)13-17/h4-8,13-14,19H,9-12,15-16H2,1-3H3. The second-order valence-corrected chi connectivity index (χ2v) is 7.37. The highest BCUT2D eigenvalue weighted by Gasteiger charge is 2.29. The minimum Gasteiger partial charge on any atom is -0.493 e. The quantitative estimate of drug-likeness (QED) is 0.659. The molecule has 162 valence electrons. The Morgan fingerprint density at radius 2 is 1.80 bits per heavy atom. The van der Waals surface area contributed by atoms with E-state index in [1.165, 1.54) is 13.2 Å². The predicted molar refractivity (Wildman–Crippen MR) is 114 cm³/mol. The number of piperidine rings is 1. The molecule has 0 saturated carbocycles. The van der Waals surface area contributed by atoms with E-state index in [1.807, 2.05) is 23.1 Å². The molecule has 1 amide bonds. The van der Waals surface area contributed by atoms with Crippen molar-refractivity contribution in [3.63, 3.8) is 0 Å². The number of ether oxygens (including phenoxy) is 3. The molecule has 0 bridgehead atoms. The van der Waals surface area contributed by atoms with Gasteiger partial charge < -0.3 is 19.1 Å². The number of halogens is 1. The second-order valence-electron chi connectivity index (χ2n) is 7.37. The number of rotatable bonds is 8. The van der Waals surface area contributed by atoms with Crippen LogP contribution in [0.3, 0.4) is 0 Å². The van der Waals surface area contributed by atoms with Crippen LogP contribution < -0.4 is 14.4 Å². The Morgan fingerprint density at radius 1 is 1.07 bits per heavy atom. The topological polar surface area (TPSA) is 51.2 Å². The maximum atomic E-state index is 13.5. The molecular formula is C23H29FN2O4. The first-order chi connectivity index (χ1) is 14.5. The van der Waals surface area contributed by atoms with Crippen molar-refractivity contribution in [3.8, 4) is 11.5 Å². The fourth-order valence-corrected chi connectivity index (χ4v) is 3.96. The van der Waals surface area contributed by atoms with Gasteiger partial charge in [-0.05, 0) is 42.7 Å². The molecule has 0 radical (unpaired) electrons. The van der Waals surface area contributed by atoms with E-state index in [0.29, 0.717) is 18.0 Å². The van der Waals surface area contributed by atoms with Crippen LogP contribution >= 0.6 is 0 Å². The summed E-state index contributed by atoms with van der Waals surface area (Å²) in [6, 6.07) is 12.3. The Labute approximate surface area is 177 Å². The number of anilines is 1. The molecule has 1 aliphatic rings. The minimum absolute atomic E-state index is 0.0118. The summed E-state index contributed by atoms with van der Waals surface area (Å²) in [6.45, 7) is 2.36. The van der Waals surface area contributed by atoms with Crippen LogP contribution in [0.4, 0.5) is 10.1 Å². The third kappa shape index (κ3) is 5.29. The monoisotopic (exact) mass is 416 g/mol. The van der Waals surface area contributed by atoms with Gasteiger partial charge in [-0.2, -0.15) is 0 Å². The van der Waals surface area contributed by atoms with Crippen molar-refractivity contribution in [2.45, 2.75) is 25.4 Å². The van der Waals surface area contributed by atoms with Gasteiger partial charge in [0.2, 0.25) is 0 Å². The molecular weight excluding hydrogens is 387 g/mol. The van der Waals surface area contributed by atoms with Gasteiger partial charge in [-0.15, -0.1) is 0 Å². The molecule has 0 unspecified atom stereocenters. The van der Waals surface area contributed by atoms with Gasteiger partial charge >= 0.3 is 0 Å². The average Bonchev–Trinajstić information content (AvgIpc) is 2.75. The Bertz CT molecular complexity index is 853. The first-order valence-corrected chi connectivity index (χ1v) is 10.1.